The molecule has 136 valence electrons. The van der Waals surface area contributed by atoms with E-state index in [9.17, 15) is 8.42 Å². The third-order valence-corrected chi connectivity index (χ3v) is 6.52. The third-order valence-electron chi connectivity index (χ3n) is 4.34. The van der Waals surface area contributed by atoms with Gasteiger partial charge in [0.1, 0.15) is 9.90 Å². The average molecular weight is 382 g/mol. The maximum atomic E-state index is 12.1. The molecule has 3 rings (SSSR count). The highest BCUT2D eigenvalue weighted by Gasteiger charge is 2.25. The average Bonchev–Trinajstić information content (AvgIpc) is 2.91. The van der Waals surface area contributed by atoms with Crippen LogP contribution in [0.2, 0.25) is 0 Å². The van der Waals surface area contributed by atoms with Gasteiger partial charge in [0.2, 0.25) is 5.95 Å². The van der Waals surface area contributed by atoms with Crippen LogP contribution in [0.1, 0.15) is 40.0 Å². The Balaban J connectivity index is 1.85. The van der Waals surface area contributed by atoms with Gasteiger partial charge in [-0.15, -0.1) is 11.3 Å². The number of thiazole rings is 1. The quantitative estimate of drug-likeness (QED) is 0.818. The molecule has 7 nitrogen and oxygen atoms in total. The number of piperidine rings is 1. The van der Waals surface area contributed by atoms with Crippen molar-refractivity contribution in [2.45, 2.75) is 44.0 Å². The number of aryl methyl sites for hydroxylation is 2. The van der Waals surface area contributed by atoms with E-state index in [-0.39, 0.29) is 10.8 Å². The molecule has 0 amide bonds. The molecule has 1 saturated heterocycles. The van der Waals surface area contributed by atoms with Crippen LogP contribution in [0.5, 0.6) is 0 Å². The molecule has 2 N–H and O–H groups in total. The van der Waals surface area contributed by atoms with Crippen LogP contribution in [0.4, 0.5) is 5.95 Å². The number of aromatic nitrogens is 3. The van der Waals surface area contributed by atoms with E-state index < -0.39 is 9.84 Å². The minimum absolute atomic E-state index is 0.0892. The number of sulfone groups is 1. The molecule has 0 radical (unpaired) electrons. The Morgan fingerprint density at radius 3 is 2.76 bits per heavy atom. The van der Waals surface area contributed by atoms with Crippen molar-refractivity contribution < 1.29 is 8.42 Å². The first-order valence-electron chi connectivity index (χ1n) is 8.29. The Labute approximate surface area is 152 Å². The van der Waals surface area contributed by atoms with Crippen LogP contribution < -0.4 is 10.6 Å². The molecule has 2 aromatic heterocycles. The van der Waals surface area contributed by atoms with Gasteiger partial charge in [0.05, 0.1) is 24.1 Å². The fraction of sp³-hybridized carbons (Fsp3) is 0.562. The summed E-state index contributed by atoms with van der Waals surface area (Å²) < 4.78 is 24.2. The van der Waals surface area contributed by atoms with E-state index >= 15 is 0 Å². The highest BCUT2D eigenvalue weighted by molar-refractivity contribution is 7.90. The Bertz CT molecular complexity index is 838. The Morgan fingerprint density at radius 2 is 2.16 bits per heavy atom. The normalized spacial score (nSPS) is 18.3. The van der Waals surface area contributed by atoms with E-state index in [0.717, 1.165) is 36.6 Å². The topological polar surface area (TPSA) is 96.9 Å². The van der Waals surface area contributed by atoms with Gasteiger partial charge < -0.3 is 10.6 Å². The van der Waals surface area contributed by atoms with Crippen molar-refractivity contribution in [2.75, 3.05) is 24.7 Å². The summed E-state index contributed by atoms with van der Waals surface area (Å²) in [6.07, 6.45) is 4.57. The first-order valence-corrected chi connectivity index (χ1v) is 11.0. The lowest BCUT2D eigenvalue weighted by Gasteiger charge is -2.24. The van der Waals surface area contributed by atoms with Crippen LogP contribution in [-0.2, 0) is 16.4 Å². The second-order valence-corrected chi connectivity index (χ2v) is 9.63. The SMILES string of the molecule is Cc1nc(CNc2ncc(S(C)(=O)=O)c([C@@H]3CCCNC3)n2)sc1C. The van der Waals surface area contributed by atoms with E-state index in [0.29, 0.717) is 18.2 Å². The molecule has 9 heteroatoms. The van der Waals surface area contributed by atoms with Gasteiger partial charge in [-0.3, -0.25) is 0 Å². The molecule has 0 spiro atoms. The highest BCUT2D eigenvalue weighted by atomic mass is 32.2. The molecule has 25 heavy (non-hydrogen) atoms. The summed E-state index contributed by atoms with van der Waals surface area (Å²) >= 11 is 1.64. The summed E-state index contributed by atoms with van der Waals surface area (Å²) in [5.74, 6) is 0.532. The van der Waals surface area contributed by atoms with Gasteiger partial charge >= 0.3 is 0 Å². The van der Waals surface area contributed by atoms with Crippen molar-refractivity contribution in [2.24, 2.45) is 0 Å². The molecule has 2 aromatic rings. The fourth-order valence-electron chi connectivity index (χ4n) is 2.90. The van der Waals surface area contributed by atoms with Crippen LogP contribution in [-0.4, -0.2) is 42.7 Å². The molecular weight excluding hydrogens is 358 g/mol. The van der Waals surface area contributed by atoms with Crippen molar-refractivity contribution in [3.05, 3.63) is 27.5 Å². The minimum Gasteiger partial charge on any atom is -0.348 e. The van der Waals surface area contributed by atoms with Crippen LogP contribution in [0.3, 0.4) is 0 Å². The lowest BCUT2D eigenvalue weighted by molar-refractivity contribution is 0.448. The fourth-order valence-corrected chi connectivity index (χ4v) is 4.61. The van der Waals surface area contributed by atoms with Gasteiger partial charge in [-0.1, -0.05) is 0 Å². The Hall–Kier alpha value is -1.58. The predicted molar refractivity (Wildman–Crippen MR) is 98.9 cm³/mol. The van der Waals surface area contributed by atoms with Crippen LogP contribution in [0, 0.1) is 13.8 Å². The number of anilines is 1. The van der Waals surface area contributed by atoms with Gasteiger partial charge in [0.15, 0.2) is 9.84 Å². The lowest BCUT2D eigenvalue weighted by atomic mass is 9.96. The van der Waals surface area contributed by atoms with Crippen molar-refractivity contribution in [3.8, 4) is 0 Å². The van der Waals surface area contributed by atoms with Crippen molar-refractivity contribution >= 4 is 27.1 Å². The number of hydrogen-bond acceptors (Lipinski definition) is 8. The summed E-state index contributed by atoms with van der Waals surface area (Å²) in [4.78, 5) is 14.7. The number of hydrogen-bond donors (Lipinski definition) is 2. The summed E-state index contributed by atoms with van der Waals surface area (Å²) in [5.41, 5.74) is 1.64. The largest absolute Gasteiger partial charge is 0.348 e. The summed E-state index contributed by atoms with van der Waals surface area (Å²) in [6, 6.07) is 0. The standard InChI is InChI=1S/C16H23N5O2S2/c1-10-11(2)24-14(20-10)9-19-16-18-8-13(25(3,22)23)15(21-16)12-5-4-6-17-7-12/h8,12,17H,4-7,9H2,1-3H3,(H,18,19,21)/t12-/m1/s1. The molecule has 0 unspecified atom stereocenters. The van der Waals surface area contributed by atoms with Crippen LogP contribution in [0.15, 0.2) is 11.1 Å². The summed E-state index contributed by atoms with van der Waals surface area (Å²) in [6.45, 7) is 6.26. The number of rotatable bonds is 5. The zero-order valence-electron chi connectivity index (χ0n) is 14.7. The Kier molecular flexibility index (Phi) is 5.35. The third kappa shape index (κ3) is 4.34. The second kappa shape index (κ2) is 7.35. The van der Waals surface area contributed by atoms with E-state index in [2.05, 4.69) is 25.6 Å². The van der Waals surface area contributed by atoms with Gasteiger partial charge in [-0.05, 0) is 33.2 Å². The van der Waals surface area contributed by atoms with E-state index in [1.165, 1.54) is 17.3 Å². The molecule has 1 fully saturated rings. The van der Waals surface area contributed by atoms with Gasteiger partial charge in [-0.2, -0.15) is 0 Å². The zero-order chi connectivity index (χ0) is 18.0. The first kappa shape index (κ1) is 18.2. The smallest absolute Gasteiger partial charge is 0.223 e. The van der Waals surface area contributed by atoms with Crippen LogP contribution in [0.25, 0.3) is 0 Å². The molecule has 1 atom stereocenters. The van der Waals surface area contributed by atoms with Crippen molar-refractivity contribution in [3.63, 3.8) is 0 Å². The van der Waals surface area contributed by atoms with E-state index in [1.54, 1.807) is 11.3 Å². The van der Waals surface area contributed by atoms with Crippen molar-refractivity contribution in [1.29, 1.82) is 0 Å². The molecule has 0 bridgehead atoms. The van der Waals surface area contributed by atoms with E-state index in [4.69, 9.17) is 0 Å². The zero-order valence-corrected chi connectivity index (χ0v) is 16.3. The molecule has 3 heterocycles. The van der Waals surface area contributed by atoms with Gasteiger partial charge in [0, 0.05) is 23.6 Å². The van der Waals surface area contributed by atoms with E-state index in [1.807, 2.05) is 13.8 Å². The maximum Gasteiger partial charge on any atom is 0.223 e. The molecule has 0 aromatic carbocycles. The molecule has 1 aliphatic heterocycles. The molecule has 0 saturated carbocycles. The predicted octanol–water partition coefficient (Wildman–Crippen LogP) is 2.03. The number of nitrogens with zero attached hydrogens (tertiary/aromatic N) is 3. The van der Waals surface area contributed by atoms with Crippen molar-refractivity contribution in [1.82, 2.24) is 20.3 Å². The molecule has 0 aliphatic carbocycles. The van der Waals surface area contributed by atoms with Crippen LogP contribution >= 0.6 is 11.3 Å². The maximum absolute atomic E-state index is 12.1. The summed E-state index contributed by atoms with van der Waals surface area (Å²) in [7, 11) is -3.36. The highest BCUT2D eigenvalue weighted by Crippen LogP contribution is 2.28. The molecule has 1 aliphatic rings. The van der Waals surface area contributed by atoms with Gasteiger partial charge in [0.25, 0.3) is 0 Å². The first-order chi connectivity index (χ1) is 11.8. The lowest BCUT2D eigenvalue weighted by Crippen LogP contribution is -2.30. The molecular formula is C16H23N5O2S2. The minimum atomic E-state index is -3.36. The second-order valence-electron chi connectivity index (χ2n) is 6.36. The monoisotopic (exact) mass is 381 g/mol. The summed E-state index contributed by atoms with van der Waals surface area (Å²) in [5, 5.41) is 7.45. The number of nitrogens with one attached hydrogen (secondary N) is 2. The van der Waals surface area contributed by atoms with Gasteiger partial charge in [-0.25, -0.2) is 23.4 Å². The Morgan fingerprint density at radius 1 is 1.36 bits per heavy atom.